The van der Waals surface area contributed by atoms with Crippen LogP contribution in [0.4, 0.5) is 0 Å². The molecule has 1 saturated heterocycles. The Morgan fingerprint density at radius 1 is 1.48 bits per heavy atom. The summed E-state index contributed by atoms with van der Waals surface area (Å²) in [6, 6.07) is 5.88. The van der Waals surface area contributed by atoms with Crippen molar-refractivity contribution in [3.63, 3.8) is 0 Å². The summed E-state index contributed by atoms with van der Waals surface area (Å²) in [7, 11) is 1.38. The van der Waals surface area contributed by atoms with E-state index in [0.29, 0.717) is 11.6 Å². The zero-order valence-electron chi connectivity index (χ0n) is 11.6. The lowest BCUT2D eigenvalue weighted by Gasteiger charge is -2.07. The van der Waals surface area contributed by atoms with Crippen molar-refractivity contribution in [2.45, 2.75) is 18.9 Å². The van der Waals surface area contributed by atoms with E-state index in [1.54, 1.807) is 12.3 Å². The monoisotopic (exact) mass is 349 g/mol. The van der Waals surface area contributed by atoms with Crippen LogP contribution in [-0.4, -0.2) is 29.6 Å². The fourth-order valence-corrected chi connectivity index (χ4v) is 2.95. The molecule has 1 aliphatic rings. The highest BCUT2D eigenvalue weighted by atomic mass is 79.9. The molecule has 110 valence electrons. The van der Waals surface area contributed by atoms with Gasteiger partial charge in [0.25, 0.3) is 0 Å². The summed E-state index contributed by atoms with van der Waals surface area (Å²) in [6.45, 7) is 1.03. The van der Waals surface area contributed by atoms with Gasteiger partial charge < -0.3 is 15.0 Å². The predicted molar refractivity (Wildman–Crippen MR) is 83.0 cm³/mol. The van der Waals surface area contributed by atoms with Gasteiger partial charge in [0.2, 0.25) is 0 Å². The summed E-state index contributed by atoms with van der Waals surface area (Å²) in [6.07, 6.45) is 4.08. The van der Waals surface area contributed by atoms with Gasteiger partial charge in [0.15, 0.2) is 0 Å². The molecule has 0 spiro atoms. The van der Waals surface area contributed by atoms with Crippen molar-refractivity contribution < 1.29 is 9.53 Å². The van der Waals surface area contributed by atoms with E-state index in [4.69, 9.17) is 4.74 Å². The molecule has 0 amide bonds. The summed E-state index contributed by atoms with van der Waals surface area (Å²) < 4.78 is 5.51. The number of ether oxygens (including phenoxy) is 1. The third-order valence-electron chi connectivity index (χ3n) is 3.67. The maximum Gasteiger partial charge on any atom is 0.339 e. The molecular formula is C15H16BrN3O2. The van der Waals surface area contributed by atoms with Gasteiger partial charge in [-0.2, -0.15) is 0 Å². The highest BCUT2D eigenvalue weighted by Crippen LogP contribution is 2.27. The lowest BCUT2D eigenvalue weighted by Crippen LogP contribution is -2.14. The molecule has 1 unspecified atom stereocenters. The van der Waals surface area contributed by atoms with E-state index in [0.717, 1.165) is 34.5 Å². The maximum absolute atomic E-state index is 11.7. The Labute approximate surface area is 131 Å². The minimum atomic E-state index is -0.360. The van der Waals surface area contributed by atoms with Crippen LogP contribution in [0, 0.1) is 0 Å². The molecule has 21 heavy (non-hydrogen) atoms. The van der Waals surface area contributed by atoms with Crippen LogP contribution in [0.1, 0.15) is 35.1 Å². The first-order valence-electron chi connectivity index (χ1n) is 6.85. The molecule has 0 saturated carbocycles. The second kappa shape index (κ2) is 5.99. The van der Waals surface area contributed by atoms with Crippen LogP contribution >= 0.6 is 15.9 Å². The number of hydrogen-bond acceptors (Lipinski definition) is 4. The lowest BCUT2D eigenvalue weighted by atomic mass is 10.1. The number of rotatable bonds is 3. The highest BCUT2D eigenvalue weighted by Gasteiger charge is 2.19. The Balaban J connectivity index is 1.91. The molecule has 1 aliphatic heterocycles. The fraction of sp³-hybridized carbons (Fsp3) is 0.333. The molecule has 1 atom stereocenters. The van der Waals surface area contributed by atoms with Crippen LogP contribution in [0.3, 0.4) is 0 Å². The van der Waals surface area contributed by atoms with Crippen molar-refractivity contribution >= 4 is 21.9 Å². The quantitative estimate of drug-likeness (QED) is 0.835. The zero-order chi connectivity index (χ0) is 14.8. The smallest absolute Gasteiger partial charge is 0.339 e. The third kappa shape index (κ3) is 2.87. The highest BCUT2D eigenvalue weighted by molar-refractivity contribution is 9.10. The molecule has 0 bridgehead atoms. The third-order valence-corrected chi connectivity index (χ3v) is 4.36. The van der Waals surface area contributed by atoms with Crippen LogP contribution in [0.5, 0.6) is 0 Å². The number of esters is 1. The Hall–Kier alpha value is -1.66. The van der Waals surface area contributed by atoms with E-state index in [-0.39, 0.29) is 5.97 Å². The topological polar surface area (TPSA) is 67.0 Å². The number of imidazole rings is 1. The van der Waals surface area contributed by atoms with Gasteiger partial charge in [-0.1, -0.05) is 6.07 Å². The molecule has 2 aromatic rings. The van der Waals surface area contributed by atoms with E-state index >= 15 is 0 Å². The van der Waals surface area contributed by atoms with Gasteiger partial charge in [-0.25, -0.2) is 9.78 Å². The summed E-state index contributed by atoms with van der Waals surface area (Å²) >= 11 is 3.37. The van der Waals surface area contributed by atoms with Gasteiger partial charge in [-0.05, 0) is 47.4 Å². The molecule has 1 aromatic carbocycles. The van der Waals surface area contributed by atoms with Gasteiger partial charge >= 0.3 is 5.97 Å². The number of carbonyl (C=O) groups is 1. The molecule has 6 heteroatoms. The van der Waals surface area contributed by atoms with Crippen LogP contribution in [0.15, 0.2) is 28.9 Å². The van der Waals surface area contributed by atoms with E-state index < -0.39 is 0 Å². The normalized spacial score (nSPS) is 17.9. The van der Waals surface area contributed by atoms with Crippen molar-refractivity contribution in [3.05, 3.63) is 40.3 Å². The Bertz CT molecular complexity index is 663. The van der Waals surface area contributed by atoms with Gasteiger partial charge in [-0.15, -0.1) is 0 Å². The van der Waals surface area contributed by atoms with Gasteiger partial charge in [-0.3, -0.25) is 0 Å². The summed E-state index contributed by atoms with van der Waals surface area (Å²) in [5, 5.41) is 3.41. The molecule has 1 aromatic heterocycles. The Kier molecular flexibility index (Phi) is 4.07. The number of H-pyrrole nitrogens is 1. The Morgan fingerprint density at radius 3 is 3.05 bits per heavy atom. The number of nitrogens with zero attached hydrogens (tertiary/aromatic N) is 1. The van der Waals surface area contributed by atoms with E-state index in [1.807, 2.05) is 12.1 Å². The second-order valence-corrected chi connectivity index (χ2v) is 5.87. The SMILES string of the molecule is COC(=O)c1cc(-c2cnc(C3CCCN3)[nH]2)ccc1Br. The lowest BCUT2D eigenvalue weighted by molar-refractivity contribution is 0.0599. The van der Waals surface area contributed by atoms with Crippen molar-refractivity contribution in [1.29, 1.82) is 0 Å². The average molecular weight is 350 g/mol. The average Bonchev–Trinajstić information content (AvgIpc) is 3.17. The van der Waals surface area contributed by atoms with Crippen LogP contribution < -0.4 is 5.32 Å². The minimum absolute atomic E-state index is 0.300. The fourth-order valence-electron chi connectivity index (χ4n) is 2.54. The number of hydrogen-bond donors (Lipinski definition) is 2. The van der Waals surface area contributed by atoms with Gasteiger partial charge in [0.05, 0.1) is 30.6 Å². The van der Waals surface area contributed by atoms with Gasteiger partial charge in [0, 0.05) is 10.0 Å². The second-order valence-electron chi connectivity index (χ2n) is 5.02. The molecule has 2 heterocycles. The van der Waals surface area contributed by atoms with E-state index in [2.05, 4.69) is 31.2 Å². The van der Waals surface area contributed by atoms with Crippen molar-refractivity contribution in [2.24, 2.45) is 0 Å². The first kappa shape index (κ1) is 14.3. The number of aromatic amines is 1. The van der Waals surface area contributed by atoms with Crippen molar-refractivity contribution in [2.75, 3.05) is 13.7 Å². The summed E-state index contributed by atoms with van der Waals surface area (Å²) in [4.78, 5) is 19.5. The van der Waals surface area contributed by atoms with Crippen LogP contribution in [0.25, 0.3) is 11.3 Å². The molecule has 2 N–H and O–H groups in total. The van der Waals surface area contributed by atoms with E-state index in [9.17, 15) is 4.79 Å². The Morgan fingerprint density at radius 2 is 2.33 bits per heavy atom. The molecule has 5 nitrogen and oxygen atoms in total. The summed E-state index contributed by atoms with van der Waals surface area (Å²) in [5.41, 5.74) is 2.32. The predicted octanol–water partition coefficient (Wildman–Crippen LogP) is 3.05. The number of methoxy groups -OCH3 is 1. The largest absolute Gasteiger partial charge is 0.465 e. The standard InChI is InChI=1S/C15H16BrN3O2/c1-21-15(20)10-7-9(4-5-11(10)16)13-8-18-14(19-13)12-3-2-6-17-12/h4-5,7-8,12,17H,2-3,6H2,1H3,(H,18,19). The molecule has 1 fully saturated rings. The van der Waals surface area contributed by atoms with Gasteiger partial charge in [0.1, 0.15) is 5.82 Å². The number of benzene rings is 1. The first-order valence-corrected chi connectivity index (χ1v) is 7.65. The van der Waals surface area contributed by atoms with Crippen LogP contribution in [0.2, 0.25) is 0 Å². The number of nitrogens with one attached hydrogen (secondary N) is 2. The first-order chi connectivity index (χ1) is 10.2. The molecule has 3 rings (SSSR count). The number of carbonyl (C=O) groups excluding carboxylic acids is 1. The molecular weight excluding hydrogens is 334 g/mol. The maximum atomic E-state index is 11.7. The number of halogens is 1. The molecule has 0 radical (unpaired) electrons. The van der Waals surface area contributed by atoms with Crippen molar-refractivity contribution in [3.8, 4) is 11.3 Å². The van der Waals surface area contributed by atoms with Crippen LogP contribution in [-0.2, 0) is 4.74 Å². The van der Waals surface area contributed by atoms with E-state index in [1.165, 1.54) is 13.5 Å². The molecule has 0 aliphatic carbocycles. The van der Waals surface area contributed by atoms with Crippen molar-refractivity contribution in [1.82, 2.24) is 15.3 Å². The minimum Gasteiger partial charge on any atom is -0.465 e. The summed E-state index contributed by atoms with van der Waals surface area (Å²) in [5.74, 6) is 0.589. The zero-order valence-corrected chi connectivity index (χ0v) is 13.2. The number of aromatic nitrogens is 2.